The average Bonchev–Trinajstić information content (AvgIpc) is 0.969. The summed E-state index contributed by atoms with van der Waals surface area (Å²) in [6.45, 7) is 31.8. The Balaban J connectivity index is 3.12. The first-order chi connectivity index (χ1) is 56.3. The summed E-state index contributed by atoms with van der Waals surface area (Å²) < 4.78 is 37.9. The highest BCUT2D eigenvalue weighted by atomic mass is 16.6. The maximum Gasteiger partial charge on any atom is 0.407 e. The highest BCUT2D eigenvalue weighted by Crippen LogP contribution is 2.24. The molecule has 1 aromatic carbocycles. The van der Waals surface area contributed by atoms with E-state index in [-0.39, 0.29) is 51.2 Å². The van der Waals surface area contributed by atoms with Crippen LogP contribution in [0, 0.1) is 29.1 Å². The second-order valence-electron chi connectivity index (χ2n) is 36.4. The minimum atomic E-state index is -1.88. The third kappa shape index (κ3) is 45.0. The summed E-state index contributed by atoms with van der Waals surface area (Å²) in [5, 5.41) is 53.6. The number of carbonyl (C=O) groups excluding carboxylic acids is 17. The molecule has 0 spiro atoms. The van der Waals surface area contributed by atoms with E-state index in [0.29, 0.717) is 12.0 Å². The summed E-state index contributed by atoms with van der Waals surface area (Å²) in [5.74, 6) is -17.3. The molecule has 0 saturated carbocycles. The second-order valence-corrected chi connectivity index (χ2v) is 36.4. The first-order valence-electron chi connectivity index (χ1n) is 41.6. The number of esters is 2. The molecule has 0 bridgehead atoms. The molecule has 1 saturated heterocycles. The fourth-order valence-electron chi connectivity index (χ4n) is 11.7. The first kappa shape index (κ1) is 108. The van der Waals surface area contributed by atoms with Crippen molar-refractivity contribution in [3.63, 3.8) is 0 Å². The van der Waals surface area contributed by atoms with E-state index in [0.717, 1.165) is 13.8 Å². The highest BCUT2D eigenvalue weighted by Gasteiger charge is 2.40. The molecule has 38 nitrogen and oxygen atoms in total. The normalized spacial score (nSPS) is 19.8. The van der Waals surface area contributed by atoms with E-state index >= 15 is 19.2 Å². The van der Waals surface area contributed by atoms with Crippen LogP contribution in [0.2, 0.25) is 0 Å². The number of hydrogen-bond acceptors (Lipinski definition) is 26. The number of hydrogen-bond donors (Lipinski definition) is 14. The van der Waals surface area contributed by atoms with Crippen LogP contribution >= 0.6 is 0 Å². The Hall–Kier alpha value is -10.3. The third-order valence-corrected chi connectivity index (χ3v) is 18.3. The summed E-state index contributed by atoms with van der Waals surface area (Å²) >= 11 is 0. The lowest BCUT2D eigenvalue weighted by atomic mass is 9.90. The Morgan fingerprint density at radius 1 is 0.500 bits per heavy atom. The molecule has 38 heteroatoms. The third-order valence-electron chi connectivity index (χ3n) is 18.3. The second kappa shape index (κ2) is 50.3. The number of amides is 12. The Bertz CT molecular complexity index is 3690. The van der Waals surface area contributed by atoms with E-state index in [1.165, 1.54) is 0 Å². The van der Waals surface area contributed by atoms with Crippen LogP contribution in [0.25, 0.3) is 0 Å². The van der Waals surface area contributed by atoms with E-state index in [1.807, 2.05) is 0 Å². The lowest BCUT2D eigenvalue weighted by molar-refractivity contribution is -0.161. The van der Waals surface area contributed by atoms with Crippen molar-refractivity contribution >= 4 is 101 Å². The van der Waals surface area contributed by atoms with Gasteiger partial charge in [-0.05, 0) is 188 Å². The van der Waals surface area contributed by atoms with Crippen molar-refractivity contribution < 1.29 is 125 Å². The number of ether oxygens (including phenoxy) is 7. The van der Waals surface area contributed by atoms with Gasteiger partial charge in [-0.15, -0.1) is 0 Å². The number of ketones is 3. The van der Waals surface area contributed by atoms with Crippen molar-refractivity contribution in [3.8, 4) is 0 Å². The monoisotopic (exact) mass is 1730 g/mol. The molecular formula is C84H138N12O26. The summed E-state index contributed by atoms with van der Waals surface area (Å²) in [4.78, 5) is 241. The molecule has 1 aliphatic heterocycles. The topological polar surface area (TPSA) is 540 Å². The predicted octanol–water partition coefficient (Wildman–Crippen LogP) is 5.05. The first-order valence-corrected chi connectivity index (χ1v) is 41.6. The van der Waals surface area contributed by atoms with Gasteiger partial charge in [0.2, 0.25) is 41.4 Å². The van der Waals surface area contributed by atoms with Crippen LogP contribution in [0.4, 0.5) is 24.0 Å². The van der Waals surface area contributed by atoms with Gasteiger partial charge in [0.05, 0.1) is 42.0 Å². The largest absolute Gasteiger partial charge is 0.465 e. The van der Waals surface area contributed by atoms with Crippen LogP contribution in [-0.2, 0) is 97.1 Å². The summed E-state index contributed by atoms with van der Waals surface area (Å²) in [5.41, 5.74) is -5.41. The number of carbonyl (C=O) groups is 17. The van der Waals surface area contributed by atoms with Crippen LogP contribution in [0.15, 0.2) is 30.3 Å². The molecule has 1 heterocycles. The molecule has 2 unspecified atom stereocenters. The van der Waals surface area contributed by atoms with Gasteiger partial charge in [-0.3, -0.25) is 57.5 Å². The standard InChI is InChI=1S/C84H138N12O26/c1-23-84(21,22)73(110)116-42-35-64(102)117-63(34-41-90-78(115)122-83(18,19)20)62(101)47-54(49(4)97)68(105)91-55(31-38-87-75(112)119-80(9,10)11)60(99)45-52-29-36-85-72(109)65(50(5)98)96-67(104)53(30-37-86-74(111)118-79(6,7)8)46-61(100)56(32-39-88-76(113)120-81(12,13)14)92-70(107)58(43-48(2)3)94-71(108)59(44-51-27-25-24-26-28-51)95-69(106)57(93-66(52)103)33-40-89-77(114)121-82(15,16)17/h24-28,48-50,52-59,63,65,97-98H,23,29-47H2,1-22H3,(H,85,109)(H,86,111)(H,87,112)(H,88,113)(H,89,114)(H,90,115)(H,91,105)(H,92,107)(H,93,103)(H,94,108)(H,95,106)(H,96,104)/t49?,50?,52-,53-,54+,55+,56+,57+,58+,59-,63+,65+/m1/s1. The Kier molecular flexibility index (Phi) is 44.5. The van der Waals surface area contributed by atoms with Crippen molar-refractivity contribution in [3.05, 3.63) is 35.9 Å². The van der Waals surface area contributed by atoms with E-state index in [1.54, 1.807) is 169 Å². The summed E-state index contributed by atoms with van der Waals surface area (Å²) in [6, 6.07) is -1.86. The van der Waals surface area contributed by atoms with Crippen LogP contribution in [0.3, 0.4) is 0 Å². The van der Waals surface area contributed by atoms with Crippen molar-refractivity contribution in [2.24, 2.45) is 29.1 Å². The SMILES string of the molecule is CCC(C)(C)C(=O)OCCC(=O)O[C@@H](CCNC(=O)OC(C)(C)C)C(=O)C[C@H](C(=O)N[C@@H](CCNC(=O)OC(C)(C)C)C(=O)C[C@H]1CCNC(=O)[C@H](C(C)O)NC(=O)[C@H](CCNC(=O)OC(C)(C)C)CC(=O)[C@H](CCNC(=O)OC(C)(C)C)NC(=O)[C@H](CC(C)C)NC(=O)[C@@H](Cc2ccccc2)NC(=O)[C@H](CCNC(=O)OC(C)(C)C)NC1=O)C(C)O. The van der Waals surface area contributed by atoms with E-state index in [4.69, 9.17) is 33.2 Å². The van der Waals surface area contributed by atoms with Crippen molar-refractivity contribution in [2.45, 2.75) is 318 Å². The molecule has 12 amide bonds. The van der Waals surface area contributed by atoms with Crippen LogP contribution in [0.5, 0.6) is 0 Å². The molecule has 122 heavy (non-hydrogen) atoms. The van der Waals surface area contributed by atoms with Gasteiger partial charge in [0.25, 0.3) is 0 Å². The number of alkyl carbamates (subject to hydrolysis) is 5. The molecular weight excluding hydrogens is 1590 g/mol. The molecule has 2 rings (SSSR count). The Labute approximate surface area is 716 Å². The van der Waals surface area contributed by atoms with Crippen molar-refractivity contribution in [1.29, 1.82) is 0 Å². The van der Waals surface area contributed by atoms with Crippen molar-refractivity contribution in [2.75, 3.05) is 45.9 Å². The molecule has 690 valence electrons. The number of nitrogens with one attached hydrogen (secondary N) is 12. The molecule has 1 aromatic rings. The van der Waals surface area contributed by atoms with E-state index < -0.39 is 284 Å². The fraction of sp³-hybridized carbons (Fsp3) is 0.726. The van der Waals surface area contributed by atoms with Gasteiger partial charge in [-0.2, -0.15) is 0 Å². The lowest BCUT2D eigenvalue weighted by Gasteiger charge is -2.28. The molecule has 1 aliphatic rings. The maximum atomic E-state index is 15.5. The summed E-state index contributed by atoms with van der Waals surface area (Å²) in [7, 11) is 0. The Morgan fingerprint density at radius 3 is 1.41 bits per heavy atom. The molecule has 1 fully saturated rings. The number of aliphatic hydroxyl groups is 2. The van der Waals surface area contributed by atoms with Gasteiger partial charge in [0.1, 0.15) is 58.8 Å². The molecule has 12 atom stereocenters. The molecule has 0 aliphatic carbocycles. The van der Waals surface area contributed by atoms with Crippen LogP contribution in [-0.4, -0.2) is 240 Å². The molecule has 0 aromatic heterocycles. The lowest BCUT2D eigenvalue weighted by Crippen LogP contribution is -2.59. The van der Waals surface area contributed by atoms with Gasteiger partial charge >= 0.3 is 42.4 Å². The van der Waals surface area contributed by atoms with Gasteiger partial charge in [0.15, 0.2) is 23.5 Å². The van der Waals surface area contributed by atoms with Gasteiger partial charge in [-0.25, -0.2) is 24.0 Å². The van der Waals surface area contributed by atoms with E-state index in [9.17, 15) is 72.5 Å². The number of Topliss-reactive ketones (excluding diaryl/α,β-unsaturated/α-hetero) is 3. The maximum absolute atomic E-state index is 15.5. The van der Waals surface area contributed by atoms with Gasteiger partial charge in [0, 0.05) is 83.2 Å². The quantitative estimate of drug-likeness (QED) is 0.0312. The number of aliphatic hydroxyl groups excluding tert-OH is 2. The minimum absolute atomic E-state index is 0.107. The average molecular weight is 1730 g/mol. The van der Waals surface area contributed by atoms with Crippen LogP contribution < -0.4 is 63.8 Å². The highest BCUT2D eigenvalue weighted by molar-refractivity contribution is 5.99. The smallest absolute Gasteiger partial charge is 0.407 e. The molecule has 14 N–H and O–H groups in total. The van der Waals surface area contributed by atoms with E-state index in [2.05, 4.69) is 63.8 Å². The van der Waals surface area contributed by atoms with Gasteiger partial charge in [-0.1, -0.05) is 51.1 Å². The zero-order valence-corrected chi connectivity index (χ0v) is 75.2. The fourth-order valence-corrected chi connectivity index (χ4v) is 11.7. The van der Waals surface area contributed by atoms with Gasteiger partial charge < -0.3 is 107 Å². The minimum Gasteiger partial charge on any atom is -0.465 e. The number of rotatable bonds is 35. The van der Waals surface area contributed by atoms with Crippen LogP contribution in [0.1, 0.15) is 235 Å². The predicted molar refractivity (Wildman–Crippen MR) is 445 cm³/mol. The number of benzene rings is 1. The summed E-state index contributed by atoms with van der Waals surface area (Å²) in [6.07, 6.45) is -15.6. The zero-order chi connectivity index (χ0) is 93.0. The Morgan fingerprint density at radius 2 is 0.934 bits per heavy atom. The van der Waals surface area contributed by atoms with Crippen molar-refractivity contribution in [1.82, 2.24) is 63.8 Å². The molecule has 0 radical (unpaired) electrons. The zero-order valence-electron chi connectivity index (χ0n) is 75.2.